The van der Waals surface area contributed by atoms with Crippen LogP contribution >= 0.6 is 0 Å². The summed E-state index contributed by atoms with van der Waals surface area (Å²) in [4.78, 5) is 10.3. The van der Waals surface area contributed by atoms with Crippen LogP contribution in [0.5, 0.6) is 11.5 Å². The predicted octanol–water partition coefficient (Wildman–Crippen LogP) is 1.21. The van der Waals surface area contributed by atoms with E-state index in [2.05, 4.69) is 0 Å². The van der Waals surface area contributed by atoms with Gasteiger partial charge in [-0.3, -0.25) is 4.79 Å². The van der Waals surface area contributed by atoms with Crippen molar-refractivity contribution >= 4 is 6.29 Å². The number of para-hydroxylation sites is 1. The number of benzene rings is 1. The third kappa shape index (κ3) is 1.32. The number of phenolic OH excluding ortho intramolecular Hbond substituents is 1. The number of carbonyl (C=O) groups excluding carboxylic acids is 1. The number of ether oxygens (including phenoxy) is 1. The minimum Gasteiger partial charge on any atom is -0.504 e. The quantitative estimate of drug-likeness (QED) is 0.649. The average molecular weight is 153 g/mol. The number of aldehydes is 1. The van der Waals surface area contributed by atoms with Crippen LogP contribution in [-0.4, -0.2) is 18.5 Å². The third-order valence-corrected chi connectivity index (χ3v) is 1.31. The highest BCUT2D eigenvalue weighted by Crippen LogP contribution is 2.27. The summed E-state index contributed by atoms with van der Waals surface area (Å²) in [6, 6.07) is 2.74. The molecule has 1 aromatic rings. The average Bonchev–Trinajstić information content (AvgIpc) is 2.08. The summed E-state index contributed by atoms with van der Waals surface area (Å²) in [6.45, 7) is 0. The van der Waals surface area contributed by atoms with E-state index in [1.165, 1.54) is 19.2 Å². The molecule has 0 saturated heterocycles. The number of aromatic hydroxyl groups is 1. The van der Waals surface area contributed by atoms with E-state index in [0.717, 1.165) is 0 Å². The van der Waals surface area contributed by atoms with Crippen LogP contribution in [0.15, 0.2) is 18.2 Å². The summed E-state index contributed by atoms with van der Waals surface area (Å²) in [5, 5.41) is 9.27. The first-order valence-electron chi connectivity index (χ1n) is 3.52. The molecule has 0 fully saturated rings. The normalized spacial score (nSPS) is 10.5. The summed E-state index contributed by atoms with van der Waals surface area (Å²) in [5.41, 5.74) is 0.0688. The first kappa shape index (κ1) is 6.22. The lowest BCUT2D eigenvalue weighted by atomic mass is 10.2. The van der Waals surface area contributed by atoms with Crippen molar-refractivity contribution in [3.8, 4) is 11.5 Å². The molecule has 0 saturated carbocycles. The van der Waals surface area contributed by atoms with E-state index in [9.17, 15) is 9.90 Å². The summed E-state index contributed by atoms with van der Waals surface area (Å²) >= 11 is 0. The van der Waals surface area contributed by atoms with Gasteiger partial charge < -0.3 is 9.84 Å². The molecule has 0 amide bonds. The molecule has 0 atom stereocenters. The van der Waals surface area contributed by atoms with Gasteiger partial charge in [-0.1, -0.05) is 6.04 Å². The molecule has 0 aromatic heterocycles. The maximum Gasteiger partial charge on any atom is 0.168 e. The molecule has 3 nitrogen and oxygen atoms in total. The molecule has 0 spiro atoms. The van der Waals surface area contributed by atoms with Gasteiger partial charge in [0.2, 0.25) is 0 Å². The zero-order valence-corrected chi connectivity index (χ0v) is 6.00. The van der Waals surface area contributed by atoms with Gasteiger partial charge in [-0.15, -0.1) is 0 Å². The van der Waals surface area contributed by atoms with Crippen molar-refractivity contribution < 1.29 is 16.0 Å². The highest BCUT2D eigenvalue weighted by atomic mass is 16.5. The SMILES string of the molecule is [2H]c1cc(C=O)c(O)c(OC)c1. The molecule has 0 unspecified atom stereocenters. The minimum absolute atomic E-state index is 0.0688. The molecule has 0 bridgehead atoms. The highest BCUT2D eigenvalue weighted by molar-refractivity contribution is 5.80. The molecule has 1 rings (SSSR count). The van der Waals surface area contributed by atoms with Gasteiger partial charge in [0, 0.05) is 0 Å². The zero-order chi connectivity index (χ0) is 9.14. The maximum atomic E-state index is 10.3. The molecule has 3 heteroatoms. The number of hydrogen-bond acceptors (Lipinski definition) is 3. The summed E-state index contributed by atoms with van der Waals surface area (Å²) < 4.78 is 12.0. The fourth-order valence-corrected chi connectivity index (χ4v) is 0.732. The van der Waals surface area contributed by atoms with Crippen LogP contribution in [0, 0.1) is 0 Å². The molecule has 11 heavy (non-hydrogen) atoms. The molecular formula is C8H8O3. The van der Waals surface area contributed by atoms with Gasteiger partial charge in [-0.2, -0.15) is 0 Å². The van der Waals surface area contributed by atoms with Crippen molar-refractivity contribution in [1.82, 2.24) is 0 Å². The van der Waals surface area contributed by atoms with Crippen molar-refractivity contribution in [3.05, 3.63) is 23.7 Å². The fourth-order valence-electron chi connectivity index (χ4n) is 0.732. The monoisotopic (exact) mass is 153 g/mol. The van der Waals surface area contributed by atoms with Crippen molar-refractivity contribution in [2.75, 3.05) is 7.11 Å². The molecule has 0 radical (unpaired) electrons. The Labute approximate surface area is 65.6 Å². The standard InChI is InChI=1S/C8H8O3/c1-11-7-4-2-3-6(5-9)8(7)10/h2-5,10H,1H3/i2D. The summed E-state index contributed by atoms with van der Waals surface area (Å²) in [5.74, 6) is -0.0758. The molecule has 0 aliphatic carbocycles. The van der Waals surface area contributed by atoms with E-state index >= 15 is 0 Å². The Morgan fingerprint density at radius 2 is 2.45 bits per heavy atom. The van der Waals surface area contributed by atoms with Gasteiger partial charge in [0.25, 0.3) is 0 Å². The summed E-state index contributed by atoms with van der Waals surface area (Å²) in [7, 11) is 1.36. The lowest BCUT2D eigenvalue weighted by molar-refractivity contribution is 0.112. The van der Waals surface area contributed by atoms with E-state index in [0.29, 0.717) is 6.29 Å². The molecule has 58 valence electrons. The number of methoxy groups -OCH3 is 1. The highest BCUT2D eigenvalue weighted by Gasteiger charge is 2.04. The minimum atomic E-state index is -0.219. The van der Waals surface area contributed by atoms with Crippen LogP contribution in [0.1, 0.15) is 11.7 Å². The largest absolute Gasteiger partial charge is 0.504 e. The van der Waals surface area contributed by atoms with E-state index in [1.807, 2.05) is 0 Å². The van der Waals surface area contributed by atoms with Crippen LogP contribution in [0.25, 0.3) is 0 Å². The van der Waals surface area contributed by atoms with Crippen molar-refractivity contribution in [2.45, 2.75) is 0 Å². The van der Waals surface area contributed by atoms with Crippen molar-refractivity contribution in [2.24, 2.45) is 0 Å². The Bertz CT molecular complexity index is 309. The topological polar surface area (TPSA) is 46.5 Å². The molecular weight excluding hydrogens is 144 g/mol. The molecule has 0 aliphatic heterocycles. The number of hydrogen-bond donors (Lipinski definition) is 1. The van der Waals surface area contributed by atoms with Gasteiger partial charge in [0.15, 0.2) is 17.8 Å². The Balaban J connectivity index is 3.31. The van der Waals surface area contributed by atoms with Crippen molar-refractivity contribution in [3.63, 3.8) is 0 Å². The number of phenols is 1. The second kappa shape index (κ2) is 3.05. The van der Waals surface area contributed by atoms with Crippen LogP contribution in [-0.2, 0) is 0 Å². The van der Waals surface area contributed by atoms with Gasteiger partial charge >= 0.3 is 0 Å². The lowest BCUT2D eigenvalue weighted by Crippen LogP contribution is -1.86. The number of rotatable bonds is 2. The number of carbonyl (C=O) groups is 1. The second-order valence-corrected chi connectivity index (χ2v) is 1.95. The smallest absolute Gasteiger partial charge is 0.168 e. The third-order valence-electron chi connectivity index (χ3n) is 1.31. The summed E-state index contributed by atoms with van der Waals surface area (Å²) in [6.07, 6.45) is 0.482. The van der Waals surface area contributed by atoms with Gasteiger partial charge in [-0.05, 0) is 12.1 Å². The van der Waals surface area contributed by atoms with Crippen LogP contribution < -0.4 is 4.74 Å². The van der Waals surface area contributed by atoms with Crippen LogP contribution in [0.2, 0.25) is 0 Å². The van der Waals surface area contributed by atoms with E-state index in [4.69, 9.17) is 6.11 Å². The lowest BCUT2D eigenvalue weighted by Gasteiger charge is -2.02. The van der Waals surface area contributed by atoms with Gasteiger partial charge in [0.1, 0.15) is 0 Å². The molecule has 0 aliphatic rings. The molecule has 1 N–H and O–H groups in total. The van der Waals surface area contributed by atoms with Crippen molar-refractivity contribution in [1.29, 1.82) is 0 Å². The Hall–Kier alpha value is -1.51. The maximum absolute atomic E-state index is 10.3. The zero-order valence-electron chi connectivity index (χ0n) is 7.00. The predicted molar refractivity (Wildman–Crippen MR) is 40.0 cm³/mol. The Morgan fingerprint density at radius 3 is 3.00 bits per heavy atom. The van der Waals surface area contributed by atoms with E-state index < -0.39 is 0 Å². The Morgan fingerprint density at radius 1 is 1.73 bits per heavy atom. The first-order valence-corrected chi connectivity index (χ1v) is 3.02. The van der Waals surface area contributed by atoms with Crippen LogP contribution in [0.4, 0.5) is 0 Å². The molecule has 1 aromatic carbocycles. The van der Waals surface area contributed by atoms with E-state index in [-0.39, 0.29) is 23.1 Å². The van der Waals surface area contributed by atoms with Crippen LogP contribution in [0.3, 0.4) is 0 Å². The molecule has 0 heterocycles. The second-order valence-electron chi connectivity index (χ2n) is 1.95. The first-order chi connectivity index (χ1) is 5.69. The van der Waals surface area contributed by atoms with Gasteiger partial charge in [-0.25, -0.2) is 0 Å². The fraction of sp³-hybridized carbons (Fsp3) is 0.125. The Kier molecular flexibility index (Phi) is 1.73. The van der Waals surface area contributed by atoms with Gasteiger partial charge in [0.05, 0.1) is 14.0 Å². The van der Waals surface area contributed by atoms with E-state index in [1.54, 1.807) is 0 Å².